The summed E-state index contributed by atoms with van der Waals surface area (Å²) in [6, 6.07) is 18.2. The summed E-state index contributed by atoms with van der Waals surface area (Å²) in [7, 11) is -3.84. The molecule has 0 aromatic heterocycles. The molecule has 6 heteroatoms. The van der Waals surface area contributed by atoms with Crippen molar-refractivity contribution in [1.29, 1.82) is 0 Å². The minimum atomic E-state index is -3.84. The van der Waals surface area contributed by atoms with Gasteiger partial charge in [0.15, 0.2) is 0 Å². The first-order valence-electron chi connectivity index (χ1n) is 10.4. The van der Waals surface area contributed by atoms with Crippen molar-refractivity contribution in [2.75, 3.05) is 16.2 Å². The molecule has 0 saturated heterocycles. The van der Waals surface area contributed by atoms with Crippen LogP contribution < -0.4 is 9.62 Å². The summed E-state index contributed by atoms with van der Waals surface area (Å²) in [6.07, 6.45) is 1.82. The van der Waals surface area contributed by atoms with Gasteiger partial charge in [0, 0.05) is 23.5 Å². The minimum absolute atomic E-state index is 0.113. The average Bonchev–Trinajstić information content (AvgIpc) is 2.75. The summed E-state index contributed by atoms with van der Waals surface area (Å²) in [4.78, 5) is 15.2. The molecule has 4 rings (SSSR count). The van der Waals surface area contributed by atoms with E-state index in [4.69, 9.17) is 0 Å². The second kappa shape index (κ2) is 8.19. The molecule has 1 aliphatic rings. The number of hydrogen-bond acceptors (Lipinski definition) is 3. The molecular weight excluding hydrogens is 408 g/mol. The van der Waals surface area contributed by atoms with Gasteiger partial charge >= 0.3 is 0 Å². The SMILES string of the molecule is Cc1ccc(NS(=O)(=O)c2cc(C(=O)N3CCCc4ccccc43)ccc2C)cc1C. The molecule has 0 radical (unpaired) electrons. The number of benzene rings is 3. The van der Waals surface area contributed by atoms with Crippen molar-refractivity contribution in [3.05, 3.63) is 88.5 Å². The van der Waals surface area contributed by atoms with Gasteiger partial charge in [0.25, 0.3) is 15.9 Å². The molecule has 3 aromatic rings. The van der Waals surface area contributed by atoms with Crippen LogP contribution >= 0.6 is 0 Å². The molecule has 0 fully saturated rings. The first kappa shape index (κ1) is 21.1. The number of nitrogens with one attached hydrogen (secondary N) is 1. The van der Waals surface area contributed by atoms with Gasteiger partial charge in [0.2, 0.25) is 0 Å². The zero-order chi connectivity index (χ0) is 22.2. The number of aryl methyl sites for hydroxylation is 4. The summed E-state index contributed by atoms with van der Waals surface area (Å²) in [5.74, 6) is -0.185. The molecule has 0 bridgehead atoms. The number of hydrogen-bond donors (Lipinski definition) is 1. The quantitative estimate of drug-likeness (QED) is 0.628. The third-order valence-corrected chi connectivity index (χ3v) is 7.36. The lowest BCUT2D eigenvalue weighted by Gasteiger charge is -2.29. The van der Waals surface area contributed by atoms with E-state index in [0.29, 0.717) is 23.4 Å². The van der Waals surface area contributed by atoms with Gasteiger partial charge in [0.05, 0.1) is 4.90 Å². The zero-order valence-electron chi connectivity index (χ0n) is 18.0. The van der Waals surface area contributed by atoms with Crippen LogP contribution in [0.5, 0.6) is 0 Å². The Balaban J connectivity index is 1.67. The molecule has 0 spiro atoms. The van der Waals surface area contributed by atoms with E-state index in [1.165, 1.54) is 6.07 Å². The Morgan fingerprint density at radius 3 is 2.42 bits per heavy atom. The topological polar surface area (TPSA) is 66.5 Å². The van der Waals surface area contributed by atoms with Gasteiger partial charge in [-0.2, -0.15) is 0 Å². The van der Waals surface area contributed by atoms with Crippen LogP contribution in [0.2, 0.25) is 0 Å². The molecule has 0 aliphatic carbocycles. The van der Waals surface area contributed by atoms with E-state index >= 15 is 0 Å². The highest BCUT2D eigenvalue weighted by molar-refractivity contribution is 7.92. The highest BCUT2D eigenvalue weighted by atomic mass is 32.2. The zero-order valence-corrected chi connectivity index (χ0v) is 18.8. The molecule has 1 aliphatic heterocycles. The van der Waals surface area contributed by atoms with Crippen LogP contribution in [0.15, 0.2) is 65.6 Å². The molecule has 160 valence electrons. The molecule has 3 aromatic carbocycles. The number of fused-ring (bicyclic) bond motifs is 1. The maximum absolute atomic E-state index is 13.3. The van der Waals surface area contributed by atoms with Crippen LogP contribution in [0.4, 0.5) is 11.4 Å². The number of carbonyl (C=O) groups is 1. The van der Waals surface area contributed by atoms with E-state index < -0.39 is 10.0 Å². The van der Waals surface area contributed by atoms with Gasteiger partial charge in [-0.3, -0.25) is 9.52 Å². The maximum Gasteiger partial charge on any atom is 0.262 e. The summed E-state index contributed by atoms with van der Waals surface area (Å²) in [5, 5.41) is 0. The molecule has 0 atom stereocenters. The molecule has 1 N–H and O–H groups in total. The van der Waals surface area contributed by atoms with Crippen LogP contribution in [0.1, 0.15) is 39.0 Å². The summed E-state index contributed by atoms with van der Waals surface area (Å²) in [5.41, 5.74) is 5.59. The lowest BCUT2D eigenvalue weighted by molar-refractivity contribution is 0.0985. The standard InChI is InChI=1S/C25H26N2O3S/c1-17-11-13-22(15-19(17)3)26-31(29,30)24-16-21(12-10-18(24)2)25(28)27-14-6-8-20-7-4-5-9-23(20)27/h4-5,7,9-13,15-16,26H,6,8,14H2,1-3H3. The monoisotopic (exact) mass is 434 g/mol. The smallest absolute Gasteiger partial charge is 0.262 e. The van der Waals surface area contributed by atoms with Gasteiger partial charge in [0.1, 0.15) is 0 Å². The van der Waals surface area contributed by atoms with E-state index in [1.807, 2.05) is 50.2 Å². The first-order valence-corrected chi connectivity index (χ1v) is 11.8. The number of amides is 1. The molecule has 1 heterocycles. The second-order valence-electron chi connectivity index (χ2n) is 8.07. The summed E-state index contributed by atoms with van der Waals surface area (Å²) < 4.78 is 28.9. The van der Waals surface area contributed by atoms with Gasteiger partial charge in [-0.15, -0.1) is 0 Å². The number of sulfonamides is 1. The lowest BCUT2D eigenvalue weighted by Crippen LogP contribution is -2.35. The Morgan fingerprint density at radius 1 is 0.903 bits per heavy atom. The number of rotatable bonds is 4. The van der Waals surface area contributed by atoms with Crippen molar-refractivity contribution in [3.8, 4) is 0 Å². The molecule has 5 nitrogen and oxygen atoms in total. The van der Waals surface area contributed by atoms with Crippen LogP contribution in [0, 0.1) is 20.8 Å². The van der Waals surface area contributed by atoms with Crippen LogP contribution in [0.3, 0.4) is 0 Å². The Labute approximate surface area is 183 Å². The van der Waals surface area contributed by atoms with Crippen LogP contribution in [0.25, 0.3) is 0 Å². The molecule has 31 heavy (non-hydrogen) atoms. The maximum atomic E-state index is 13.3. The fourth-order valence-corrected chi connectivity index (χ4v) is 5.26. The highest BCUT2D eigenvalue weighted by Crippen LogP contribution is 2.29. The van der Waals surface area contributed by atoms with E-state index in [1.54, 1.807) is 30.0 Å². The van der Waals surface area contributed by atoms with Gasteiger partial charge in [-0.05, 0) is 86.2 Å². The minimum Gasteiger partial charge on any atom is -0.308 e. The fraction of sp³-hybridized carbons (Fsp3) is 0.240. The predicted octanol–water partition coefficient (Wildman–Crippen LogP) is 5.01. The van der Waals surface area contributed by atoms with Gasteiger partial charge < -0.3 is 4.90 Å². The third kappa shape index (κ3) is 4.21. The van der Waals surface area contributed by atoms with Crippen molar-refractivity contribution in [2.45, 2.75) is 38.5 Å². The molecular formula is C25H26N2O3S. The van der Waals surface area contributed by atoms with E-state index in [-0.39, 0.29) is 10.8 Å². The van der Waals surface area contributed by atoms with Gasteiger partial charge in [-0.1, -0.05) is 30.3 Å². The van der Waals surface area contributed by atoms with Gasteiger partial charge in [-0.25, -0.2) is 8.42 Å². The Bertz CT molecular complexity index is 1270. The molecule has 1 amide bonds. The Hall–Kier alpha value is -3.12. The third-order valence-electron chi connectivity index (χ3n) is 5.84. The van der Waals surface area contributed by atoms with Crippen LogP contribution in [-0.2, 0) is 16.4 Å². The Morgan fingerprint density at radius 2 is 1.65 bits per heavy atom. The van der Waals surface area contributed by atoms with E-state index in [9.17, 15) is 13.2 Å². The normalized spacial score (nSPS) is 13.6. The van der Waals surface area contributed by atoms with Crippen molar-refractivity contribution in [1.82, 2.24) is 0 Å². The number of nitrogens with zero attached hydrogens (tertiary/aromatic N) is 1. The number of para-hydroxylation sites is 1. The lowest BCUT2D eigenvalue weighted by atomic mass is 10.0. The number of anilines is 2. The predicted molar refractivity (Wildman–Crippen MR) is 124 cm³/mol. The first-order chi connectivity index (χ1) is 14.8. The Kier molecular flexibility index (Phi) is 5.58. The van der Waals surface area contributed by atoms with Crippen molar-refractivity contribution >= 4 is 27.3 Å². The number of carbonyl (C=O) groups excluding carboxylic acids is 1. The van der Waals surface area contributed by atoms with Crippen molar-refractivity contribution < 1.29 is 13.2 Å². The highest BCUT2D eigenvalue weighted by Gasteiger charge is 2.25. The average molecular weight is 435 g/mol. The summed E-state index contributed by atoms with van der Waals surface area (Å²) in [6.45, 7) is 6.27. The summed E-state index contributed by atoms with van der Waals surface area (Å²) >= 11 is 0. The van der Waals surface area contributed by atoms with Crippen molar-refractivity contribution in [2.24, 2.45) is 0 Å². The van der Waals surface area contributed by atoms with E-state index in [0.717, 1.165) is 35.2 Å². The fourth-order valence-electron chi connectivity index (χ4n) is 3.94. The van der Waals surface area contributed by atoms with E-state index in [2.05, 4.69) is 4.72 Å². The largest absolute Gasteiger partial charge is 0.308 e. The molecule has 0 saturated carbocycles. The van der Waals surface area contributed by atoms with Crippen molar-refractivity contribution in [3.63, 3.8) is 0 Å². The molecule has 0 unspecified atom stereocenters. The van der Waals surface area contributed by atoms with Crippen LogP contribution in [-0.4, -0.2) is 20.9 Å². The second-order valence-corrected chi connectivity index (χ2v) is 9.72.